The summed E-state index contributed by atoms with van der Waals surface area (Å²) in [6.45, 7) is 1.77. The largest absolute Gasteiger partial charge is 0.475 e. The first-order valence-corrected chi connectivity index (χ1v) is 9.39. The van der Waals surface area contributed by atoms with Crippen LogP contribution in [0.2, 0.25) is 0 Å². The van der Waals surface area contributed by atoms with Gasteiger partial charge in [-0.1, -0.05) is 25.7 Å². The lowest BCUT2D eigenvalue weighted by atomic mass is 9.96. The van der Waals surface area contributed by atoms with Gasteiger partial charge in [-0.25, -0.2) is 13.3 Å². The first-order chi connectivity index (χ1) is 10.0. The first-order valence-electron chi connectivity index (χ1n) is 7.93. The van der Waals surface area contributed by atoms with E-state index in [4.69, 9.17) is 13.6 Å². The quantitative estimate of drug-likeness (QED) is 0.662. The molecule has 0 saturated heterocycles. The second-order valence-corrected chi connectivity index (χ2v) is 7.33. The Morgan fingerprint density at radius 1 is 0.905 bits per heavy atom. The minimum atomic E-state index is -3.91. The third-order valence-electron chi connectivity index (χ3n) is 4.06. The monoisotopic (exact) mass is 326 g/mol. The maximum Gasteiger partial charge on any atom is 0.475 e. The molecule has 0 aromatic rings. The standard InChI is InChI=1S/C14H25F2O4P/c1-2-18-21(17,19-13-9-5-3-7-11(13)15)20-14-10-6-4-8-12(14)16/h11-14H,2-10H2,1H3. The minimum absolute atomic E-state index is 0.116. The normalized spacial score (nSPS) is 37.1. The predicted molar refractivity (Wildman–Crippen MR) is 75.7 cm³/mol. The van der Waals surface area contributed by atoms with Gasteiger partial charge in [0.15, 0.2) is 0 Å². The smallest absolute Gasteiger partial charge is 0.287 e. The summed E-state index contributed by atoms with van der Waals surface area (Å²) in [4.78, 5) is 0. The molecule has 0 aliphatic heterocycles. The highest BCUT2D eigenvalue weighted by Crippen LogP contribution is 2.54. The second kappa shape index (κ2) is 8.00. The van der Waals surface area contributed by atoms with Crippen molar-refractivity contribution in [1.82, 2.24) is 0 Å². The Labute approximate surface area is 125 Å². The molecular formula is C14H25F2O4P. The molecule has 2 saturated carbocycles. The van der Waals surface area contributed by atoms with Crippen molar-refractivity contribution in [2.24, 2.45) is 0 Å². The summed E-state index contributed by atoms with van der Waals surface area (Å²) in [6, 6.07) is 0. The van der Waals surface area contributed by atoms with E-state index in [1.165, 1.54) is 0 Å². The van der Waals surface area contributed by atoms with Crippen LogP contribution in [0.4, 0.5) is 8.78 Å². The van der Waals surface area contributed by atoms with E-state index < -0.39 is 32.4 Å². The molecule has 0 bridgehead atoms. The van der Waals surface area contributed by atoms with E-state index >= 15 is 0 Å². The maximum atomic E-state index is 13.8. The number of rotatable bonds is 6. The summed E-state index contributed by atoms with van der Waals surface area (Å²) in [5.74, 6) is 0. The van der Waals surface area contributed by atoms with Crippen molar-refractivity contribution in [3.63, 3.8) is 0 Å². The van der Waals surface area contributed by atoms with E-state index in [1.807, 2.05) is 0 Å². The average molecular weight is 326 g/mol. The van der Waals surface area contributed by atoms with Gasteiger partial charge in [-0.05, 0) is 32.6 Å². The van der Waals surface area contributed by atoms with Crippen molar-refractivity contribution in [2.45, 2.75) is 82.8 Å². The first kappa shape index (κ1) is 17.3. The number of halogens is 2. The molecule has 4 atom stereocenters. The highest BCUT2D eigenvalue weighted by atomic mass is 31.2. The second-order valence-electron chi connectivity index (χ2n) is 5.75. The third kappa shape index (κ3) is 4.98. The molecule has 0 amide bonds. The Balaban J connectivity index is 1.99. The molecule has 2 aliphatic carbocycles. The number of hydrogen-bond acceptors (Lipinski definition) is 4. The Bertz CT molecular complexity index is 341. The number of phosphoric ester groups is 1. The van der Waals surface area contributed by atoms with Gasteiger partial charge in [0.05, 0.1) is 6.61 Å². The van der Waals surface area contributed by atoms with Crippen LogP contribution >= 0.6 is 7.82 Å². The molecule has 4 nitrogen and oxygen atoms in total. The highest BCUT2D eigenvalue weighted by molar-refractivity contribution is 7.48. The van der Waals surface area contributed by atoms with Crippen molar-refractivity contribution in [3.05, 3.63) is 0 Å². The zero-order valence-electron chi connectivity index (χ0n) is 12.5. The van der Waals surface area contributed by atoms with Crippen LogP contribution in [-0.4, -0.2) is 31.2 Å². The molecule has 124 valence electrons. The Kier molecular flexibility index (Phi) is 6.60. The van der Waals surface area contributed by atoms with E-state index in [9.17, 15) is 13.3 Å². The van der Waals surface area contributed by atoms with Gasteiger partial charge in [-0.15, -0.1) is 0 Å². The average Bonchev–Trinajstić information content (AvgIpc) is 2.44. The van der Waals surface area contributed by atoms with E-state index in [0.29, 0.717) is 25.7 Å². The van der Waals surface area contributed by atoms with Crippen LogP contribution < -0.4 is 0 Å². The SMILES string of the molecule is CCOP(=O)(OC1CCCCC1F)OC1CCCCC1F. The van der Waals surface area contributed by atoms with Crippen molar-refractivity contribution in [2.75, 3.05) is 6.61 Å². The van der Waals surface area contributed by atoms with Crippen molar-refractivity contribution in [3.8, 4) is 0 Å². The summed E-state index contributed by atoms with van der Waals surface area (Å²) < 4.78 is 56.1. The Hall–Kier alpha value is -0.0300. The number of alkyl halides is 2. The van der Waals surface area contributed by atoms with Crippen LogP contribution in [0.1, 0.15) is 58.3 Å². The zero-order chi connectivity index (χ0) is 15.3. The lowest BCUT2D eigenvalue weighted by Crippen LogP contribution is -2.32. The molecular weight excluding hydrogens is 301 g/mol. The minimum Gasteiger partial charge on any atom is -0.287 e. The van der Waals surface area contributed by atoms with E-state index in [0.717, 1.165) is 25.7 Å². The fourth-order valence-corrected chi connectivity index (χ4v) is 4.54. The zero-order valence-corrected chi connectivity index (χ0v) is 13.4. The van der Waals surface area contributed by atoms with Crippen LogP contribution in [0.5, 0.6) is 0 Å². The van der Waals surface area contributed by atoms with Crippen LogP contribution in [0.15, 0.2) is 0 Å². The molecule has 4 unspecified atom stereocenters. The van der Waals surface area contributed by atoms with Crippen molar-refractivity contribution < 1.29 is 26.9 Å². The highest BCUT2D eigenvalue weighted by Gasteiger charge is 2.40. The number of phosphoric acid groups is 1. The summed E-state index contributed by atoms with van der Waals surface area (Å²) in [5.41, 5.74) is 0. The summed E-state index contributed by atoms with van der Waals surface area (Å²) in [5, 5.41) is 0. The van der Waals surface area contributed by atoms with Gasteiger partial charge < -0.3 is 0 Å². The fraction of sp³-hybridized carbons (Fsp3) is 1.00. The maximum absolute atomic E-state index is 13.8. The van der Waals surface area contributed by atoms with Gasteiger partial charge in [-0.3, -0.25) is 13.6 Å². The van der Waals surface area contributed by atoms with Gasteiger partial charge in [-0.2, -0.15) is 0 Å². The van der Waals surface area contributed by atoms with Crippen molar-refractivity contribution >= 4 is 7.82 Å². The Morgan fingerprint density at radius 3 is 1.71 bits per heavy atom. The lowest BCUT2D eigenvalue weighted by molar-refractivity contribution is -0.0175. The van der Waals surface area contributed by atoms with E-state index in [2.05, 4.69) is 0 Å². The van der Waals surface area contributed by atoms with Gasteiger partial charge >= 0.3 is 7.82 Å². The van der Waals surface area contributed by atoms with Gasteiger partial charge in [0.1, 0.15) is 24.6 Å². The van der Waals surface area contributed by atoms with Crippen LogP contribution in [0, 0.1) is 0 Å². The molecule has 0 N–H and O–H groups in total. The molecule has 7 heteroatoms. The predicted octanol–water partition coefficient (Wildman–Crippen LogP) is 4.73. The lowest BCUT2D eigenvalue weighted by Gasteiger charge is -2.32. The van der Waals surface area contributed by atoms with Crippen LogP contribution in [0.25, 0.3) is 0 Å². The van der Waals surface area contributed by atoms with Gasteiger partial charge in [0.25, 0.3) is 0 Å². The van der Waals surface area contributed by atoms with Crippen molar-refractivity contribution in [1.29, 1.82) is 0 Å². The molecule has 2 aliphatic rings. The molecule has 2 rings (SSSR count). The summed E-state index contributed by atoms with van der Waals surface area (Å²) in [6.07, 6.45) is 1.14. The van der Waals surface area contributed by atoms with Gasteiger partial charge in [0.2, 0.25) is 0 Å². The molecule has 0 heterocycles. The fourth-order valence-electron chi connectivity index (χ4n) is 2.92. The summed E-state index contributed by atoms with van der Waals surface area (Å²) in [7, 11) is -3.91. The van der Waals surface area contributed by atoms with Crippen LogP contribution in [-0.2, 0) is 18.1 Å². The Morgan fingerprint density at radius 2 is 1.33 bits per heavy atom. The van der Waals surface area contributed by atoms with Gasteiger partial charge in [0, 0.05) is 0 Å². The molecule has 0 radical (unpaired) electrons. The third-order valence-corrected chi connectivity index (χ3v) is 5.69. The molecule has 21 heavy (non-hydrogen) atoms. The molecule has 0 spiro atoms. The molecule has 2 fully saturated rings. The topological polar surface area (TPSA) is 44.8 Å². The summed E-state index contributed by atoms with van der Waals surface area (Å²) >= 11 is 0. The molecule has 0 aromatic heterocycles. The number of hydrogen-bond donors (Lipinski definition) is 0. The van der Waals surface area contributed by atoms with Crippen LogP contribution in [0.3, 0.4) is 0 Å². The van der Waals surface area contributed by atoms with E-state index in [-0.39, 0.29) is 6.61 Å². The van der Waals surface area contributed by atoms with E-state index in [1.54, 1.807) is 6.92 Å². The molecule has 0 aromatic carbocycles.